The van der Waals surface area contributed by atoms with E-state index in [9.17, 15) is 0 Å². The Morgan fingerprint density at radius 1 is 1.27 bits per heavy atom. The van der Waals surface area contributed by atoms with Crippen LogP contribution in [0.4, 0.5) is 5.82 Å². The first-order valence-electron chi connectivity index (χ1n) is 4.66. The summed E-state index contributed by atoms with van der Waals surface area (Å²) in [4.78, 5) is 4.37. The van der Waals surface area contributed by atoms with E-state index in [2.05, 4.69) is 16.5 Å². The second-order valence-corrected chi connectivity index (χ2v) is 4.02. The number of rotatable bonds is 1. The molecule has 0 atom stereocenters. The van der Waals surface area contributed by atoms with Crippen LogP contribution in [0.2, 0.25) is 5.02 Å². The summed E-state index contributed by atoms with van der Waals surface area (Å²) in [5.74, 6) is 6.03. The number of halogens is 1. The van der Waals surface area contributed by atoms with E-state index in [0.29, 0.717) is 10.8 Å². The molecule has 2 aromatic rings. The Bertz CT molecular complexity index is 523. The molecule has 3 nitrogen and oxygen atoms in total. The van der Waals surface area contributed by atoms with Gasteiger partial charge in [-0.05, 0) is 43.2 Å². The maximum absolute atomic E-state index is 6.11. The molecule has 1 heterocycles. The van der Waals surface area contributed by atoms with Gasteiger partial charge in [0, 0.05) is 5.39 Å². The van der Waals surface area contributed by atoms with Crippen molar-refractivity contribution >= 4 is 28.3 Å². The summed E-state index contributed by atoms with van der Waals surface area (Å²) < 4.78 is 0. The van der Waals surface area contributed by atoms with Crippen LogP contribution in [0.25, 0.3) is 10.9 Å². The number of aryl methyl sites for hydroxylation is 2. The standard InChI is InChI=1S/C11H12ClN3/c1-6-3-8-5-7(2)11(15-13)14-10(8)9(12)4-6/h3-5H,13H2,1-2H3,(H,14,15). The normalized spacial score (nSPS) is 10.7. The molecule has 0 amide bonds. The molecule has 0 spiro atoms. The number of pyridine rings is 1. The van der Waals surface area contributed by atoms with Gasteiger partial charge in [0.1, 0.15) is 5.82 Å². The predicted octanol–water partition coefficient (Wildman–Crippen LogP) is 2.79. The van der Waals surface area contributed by atoms with Crippen molar-refractivity contribution in [3.63, 3.8) is 0 Å². The first-order chi connectivity index (χ1) is 7.11. The van der Waals surface area contributed by atoms with Crippen LogP contribution in [0.5, 0.6) is 0 Å². The molecule has 15 heavy (non-hydrogen) atoms. The van der Waals surface area contributed by atoms with E-state index in [1.54, 1.807) is 0 Å². The molecule has 0 fully saturated rings. The molecule has 2 rings (SSSR count). The van der Waals surface area contributed by atoms with Crippen molar-refractivity contribution in [1.82, 2.24) is 4.98 Å². The number of nitrogen functional groups attached to an aromatic ring is 1. The number of hydrogen-bond acceptors (Lipinski definition) is 3. The molecule has 0 saturated heterocycles. The van der Waals surface area contributed by atoms with Gasteiger partial charge in [0.25, 0.3) is 0 Å². The number of anilines is 1. The molecule has 0 unspecified atom stereocenters. The Morgan fingerprint density at radius 2 is 2.00 bits per heavy atom. The third-order valence-electron chi connectivity index (χ3n) is 2.34. The lowest BCUT2D eigenvalue weighted by Gasteiger charge is -2.08. The minimum Gasteiger partial charge on any atom is -0.308 e. The van der Waals surface area contributed by atoms with Crippen LogP contribution < -0.4 is 11.3 Å². The highest BCUT2D eigenvalue weighted by Gasteiger charge is 2.06. The van der Waals surface area contributed by atoms with Crippen LogP contribution in [0, 0.1) is 13.8 Å². The molecule has 0 bridgehead atoms. The number of hydrazine groups is 1. The van der Waals surface area contributed by atoms with E-state index in [1.165, 1.54) is 0 Å². The zero-order valence-corrected chi connectivity index (χ0v) is 9.39. The van der Waals surface area contributed by atoms with Gasteiger partial charge in [0.2, 0.25) is 0 Å². The van der Waals surface area contributed by atoms with Gasteiger partial charge in [-0.3, -0.25) is 0 Å². The fraction of sp³-hybridized carbons (Fsp3) is 0.182. The van der Waals surface area contributed by atoms with Gasteiger partial charge in [0.15, 0.2) is 0 Å². The van der Waals surface area contributed by atoms with Gasteiger partial charge in [-0.2, -0.15) is 0 Å². The fourth-order valence-electron chi connectivity index (χ4n) is 1.64. The summed E-state index contributed by atoms with van der Waals surface area (Å²) in [5, 5.41) is 1.69. The molecule has 3 N–H and O–H groups in total. The SMILES string of the molecule is Cc1cc(Cl)c2nc(NN)c(C)cc2c1. The molecular weight excluding hydrogens is 210 g/mol. The Kier molecular flexibility index (Phi) is 2.50. The highest BCUT2D eigenvalue weighted by atomic mass is 35.5. The summed E-state index contributed by atoms with van der Waals surface area (Å²) in [7, 11) is 0. The first-order valence-corrected chi connectivity index (χ1v) is 5.03. The number of hydrogen-bond donors (Lipinski definition) is 2. The molecule has 78 valence electrons. The number of fused-ring (bicyclic) bond motifs is 1. The molecule has 4 heteroatoms. The maximum Gasteiger partial charge on any atom is 0.143 e. The minimum absolute atomic E-state index is 0.654. The van der Waals surface area contributed by atoms with Crippen LogP contribution in [-0.2, 0) is 0 Å². The van der Waals surface area contributed by atoms with Crippen LogP contribution in [0.3, 0.4) is 0 Å². The van der Waals surface area contributed by atoms with Crippen molar-refractivity contribution in [2.24, 2.45) is 5.84 Å². The number of nitrogens with one attached hydrogen (secondary N) is 1. The highest BCUT2D eigenvalue weighted by molar-refractivity contribution is 6.35. The van der Waals surface area contributed by atoms with Crippen molar-refractivity contribution in [1.29, 1.82) is 0 Å². The van der Waals surface area contributed by atoms with Crippen LogP contribution in [-0.4, -0.2) is 4.98 Å². The van der Waals surface area contributed by atoms with Crippen molar-refractivity contribution in [2.75, 3.05) is 5.43 Å². The van der Waals surface area contributed by atoms with Gasteiger partial charge in [-0.1, -0.05) is 11.6 Å². The van der Waals surface area contributed by atoms with Gasteiger partial charge in [0.05, 0.1) is 10.5 Å². The number of benzene rings is 1. The van der Waals surface area contributed by atoms with Crippen molar-refractivity contribution in [3.8, 4) is 0 Å². The van der Waals surface area contributed by atoms with Crippen LogP contribution in [0.15, 0.2) is 18.2 Å². The molecule has 0 radical (unpaired) electrons. The largest absolute Gasteiger partial charge is 0.308 e. The second-order valence-electron chi connectivity index (χ2n) is 3.62. The van der Waals surface area contributed by atoms with E-state index in [-0.39, 0.29) is 0 Å². The lowest BCUT2D eigenvalue weighted by molar-refractivity contribution is 1.22. The fourth-order valence-corrected chi connectivity index (χ4v) is 1.96. The molecule has 0 aliphatic rings. The first kappa shape index (κ1) is 10.2. The molecule has 0 aliphatic carbocycles. The smallest absolute Gasteiger partial charge is 0.143 e. The average molecular weight is 222 g/mol. The molecule has 1 aromatic carbocycles. The lowest BCUT2D eigenvalue weighted by atomic mass is 10.1. The quantitative estimate of drug-likeness (QED) is 0.575. The van der Waals surface area contributed by atoms with Crippen molar-refractivity contribution in [3.05, 3.63) is 34.3 Å². The summed E-state index contributed by atoms with van der Waals surface area (Å²) >= 11 is 6.11. The Balaban J connectivity index is 2.81. The topological polar surface area (TPSA) is 50.9 Å². The monoisotopic (exact) mass is 221 g/mol. The highest BCUT2D eigenvalue weighted by Crippen LogP contribution is 2.26. The van der Waals surface area contributed by atoms with Crippen LogP contribution >= 0.6 is 11.6 Å². The molecule has 0 saturated carbocycles. The number of aromatic nitrogens is 1. The summed E-state index contributed by atoms with van der Waals surface area (Å²) in [6.45, 7) is 3.97. The maximum atomic E-state index is 6.11. The summed E-state index contributed by atoms with van der Waals surface area (Å²) in [5.41, 5.74) is 5.47. The van der Waals surface area contributed by atoms with Gasteiger partial charge in [-0.15, -0.1) is 0 Å². The zero-order valence-electron chi connectivity index (χ0n) is 8.63. The Morgan fingerprint density at radius 3 is 2.67 bits per heavy atom. The number of nitrogens with zero attached hydrogens (tertiary/aromatic N) is 1. The van der Waals surface area contributed by atoms with E-state index < -0.39 is 0 Å². The van der Waals surface area contributed by atoms with Crippen LogP contribution in [0.1, 0.15) is 11.1 Å². The van der Waals surface area contributed by atoms with E-state index in [4.69, 9.17) is 17.4 Å². The third kappa shape index (κ3) is 1.76. The van der Waals surface area contributed by atoms with Gasteiger partial charge < -0.3 is 5.43 Å². The Hall–Kier alpha value is -1.32. The predicted molar refractivity (Wildman–Crippen MR) is 64.0 cm³/mol. The lowest BCUT2D eigenvalue weighted by Crippen LogP contribution is -2.10. The summed E-state index contributed by atoms with van der Waals surface area (Å²) in [6, 6.07) is 5.98. The van der Waals surface area contributed by atoms with E-state index >= 15 is 0 Å². The van der Waals surface area contributed by atoms with E-state index in [0.717, 1.165) is 22.0 Å². The zero-order chi connectivity index (χ0) is 11.0. The molecular formula is C11H12ClN3. The second kappa shape index (κ2) is 3.68. The Labute approximate surface area is 93.2 Å². The molecule has 0 aliphatic heterocycles. The van der Waals surface area contributed by atoms with Gasteiger partial charge >= 0.3 is 0 Å². The molecule has 1 aromatic heterocycles. The number of nitrogens with two attached hydrogens (primary N) is 1. The summed E-state index contributed by atoms with van der Waals surface area (Å²) in [6.07, 6.45) is 0. The van der Waals surface area contributed by atoms with Gasteiger partial charge in [-0.25, -0.2) is 10.8 Å². The van der Waals surface area contributed by atoms with Crippen molar-refractivity contribution in [2.45, 2.75) is 13.8 Å². The van der Waals surface area contributed by atoms with E-state index in [1.807, 2.05) is 26.0 Å². The average Bonchev–Trinajstić information content (AvgIpc) is 2.16. The van der Waals surface area contributed by atoms with Crippen molar-refractivity contribution < 1.29 is 0 Å². The minimum atomic E-state index is 0.654. The third-order valence-corrected chi connectivity index (χ3v) is 2.63.